The molecule has 0 spiro atoms. The van der Waals surface area contributed by atoms with E-state index in [1.54, 1.807) is 0 Å². The zero-order valence-electron chi connectivity index (χ0n) is 72.9. The molecule has 0 unspecified atom stereocenters. The minimum Gasteiger partial charge on any atom is -0.456 e. The van der Waals surface area contributed by atoms with Crippen LogP contribution in [-0.4, -0.2) is 0 Å². The maximum atomic E-state index is 6.99. The van der Waals surface area contributed by atoms with Crippen molar-refractivity contribution in [2.24, 2.45) is 0 Å². The third-order valence-electron chi connectivity index (χ3n) is 27.2. The lowest BCUT2D eigenvalue weighted by Crippen LogP contribution is -2.10. The van der Waals surface area contributed by atoms with E-state index in [1.165, 1.54) is 70.7 Å². The number of fused-ring (bicyclic) bond motifs is 21. The first-order valence-electron chi connectivity index (χ1n) is 45.8. The van der Waals surface area contributed by atoms with Crippen molar-refractivity contribution >= 4 is 199 Å². The molecule has 2 aliphatic heterocycles. The van der Waals surface area contributed by atoms with Crippen molar-refractivity contribution in [1.29, 1.82) is 0 Å². The van der Waals surface area contributed by atoms with Gasteiger partial charge in [-0.25, -0.2) is 0 Å². The lowest BCUT2D eigenvalue weighted by molar-refractivity contribution is 0.487. The topological polar surface area (TPSA) is 70.8 Å². The highest BCUT2D eigenvalue weighted by Crippen LogP contribution is 2.57. The van der Waals surface area contributed by atoms with E-state index >= 15 is 0 Å². The molecule has 632 valence electrons. The quantitative estimate of drug-likeness (QED) is 0.0990. The van der Waals surface area contributed by atoms with Gasteiger partial charge in [-0.3, -0.25) is 0 Å². The zero-order valence-corrected chi connectivity index (χ0v) is 72.9. The van der Waals surface area contributed by atoms with Crippen molar-refractivity contribution in [2.45, 2.75) is 0 Å². The van der Waals surface area contributed by atoms with Crippen molar-refractivity contribution in [2.75, 3.05) is 19.6 Å². The summed E-state index contributed by atoms with van der Waals surface area (Å²) in [6.07, 6.45) is 0. The smallest absolute Gasteiger partial charge is 0.159 e. The van der Waals surface area contributed by atoms with Crippen LogP contribution in [-0.2, 0) is 0 Å². The van der Waals surface area contributed by atoms with Crippen LogP contribution in [0.2, 0.25) is 0 Å². The van der Waals surface area contributed by atoms with E-state index in [9.17, 15) is 0 Å². The molecule has 0 amide bonds. The molecular formula is C126H78N4O5. The van der Waals surface area contributed by atoms with Crippen molar-refractivity contribution in [3.05, 3.63) is 473 Å². The molecule has 26 aromatic rings. The Morgan fingerprint density at radius 2 is 0.400 bits per heavy atom. The first kappa shape index (κ1) is 76.8. The van der Waals surface area contributed by atoms with E-state index in [-0.39, 0.29) is 0 Å². The predicted molar refractivity (Wildman–Crippen MR) is 560 cm³/mol. The van der Waals surface area contributed by atoms with Crippen LogP contribution in [0.1, 0.15) is 0 Å². The van der Waals surface area contributed by atoms with Crippen molar-refractivity contribution in [3.8, 4) is 67.5 Å². The van der Waals surface area contributed by atoms with Gasteiger partial charge in [-0.15, -0.1) is 0 Å². The lowest BCUT2D eigenvalue weighted by atomic mass is 9.86. The molecule has 3 aromatic heterocycles. The summed E-state index contributed by atoms with van der Waals surface area (Å²) in [7, 11) is 0. The monoisotopic (exact) mass is 1730 g/mol. The van der Waals surface area contributed by atoms with E-state index in [1.807, 2.05) is 36.4 Å². The second-order valence-corrected chi connectivity index (χ2v) is 34.8. The Morgan fingerprint density at radius 1 is 0.141 bits per heavy atom. The zero-order chi connectivity index (χ0) is 88.7. The highest BCUT2D eigenvalue weighted by Gasteiger charge is 2.31. The fourth-order valence-corrected chi connectivity index (χ4v) is 21.2. The first-order chi connectivity index (χ1) is 67.0. The van der Waals surface area contributed by atoms with Crippen LogP contribution in [0.3, 0.4) is 0 Å². The third kappa shape index (κ3) is 12.6. The van der Waals surface area contributed by atoms with Crippen molar-refractivity contribution in [1.82, 2.24) is 0 Å². The van der Waals surface area contributed by atoms with Crippen LogP contribution in [0, 0.1) is 0 Å². The van der Waals surface area contributed by atoms with Gasteiger partial charge in [0, 0.05) is 106 Å². The summed E-state index contributed by atoms with van der Waals surface area (Å²) in [5.74, 6) is 3.32. The normalized spacial score (nSPS) is 12.0. The molecule has 0 radical (unpaired) electrons. The molecule has 0 saturated carbocycles. The van der Waals surface area contributed by atoms with Gasteiger partial charge in [0.15, 0.2) is 16.7 Å². The fourth-order valence-electron chi connectivity index (χ4n) is 21.2. The fraction of sp³-hybridized carbons (Fsp3) is 0. The van der Waals surface area contributed by atoms with Crippen LogP contribution >= 0.6 is 0 Å². The Bertz CT molecular complexity index is 9220. The van der Waals surface area contributed by atoms with Gasteiger partial charge in [-0.1, -0.05) is 279 Å². The molecule has 0 bridgehead atoms. The summed E-state index contributed by atoms with van der Waals surface area (Å²) in [5, 5.41) is 20.8. The second kappa shape index (κ2) is 31.3. The van der Waals surface area contributed by atoms with Crippen molar-refractivity contribution < 1.29 is 22.7 Å². The van der Waals surface area contributed by atoms with E-state index in [4.69, 9.17) is 22.7 Å². The highest BCUT2D eigenvalue weighted by atomic mass is 16.5. The number of ether oxygens (including phenoxy) is 2. The number of para-hydroxylation sites is 11. The standard InChI is InChI=1S/C66H40N2O3.C60H38N2O2/c1-3-16-42(17-4-1)67(58-27-13-25-52-48-22-9-11-29-60(48)70-65(52)58)44-34-32-41(33-35-44)54-39-56-51-24-15-31-62-64(51)57(40-55(56)47-21-8-7-20-46(47)54)50-37-36-45(38-63(50)69-62)68(43-18-5-2-6-19-43)59-28-14-26-53-49-23-10-12-30-61(49)71-66(53)59;1-4-16-40(17-5-1)61(41-18-6-2-7-19-41)43-32-30-39(31-33-43)51-37-53-49-25-15-29-57-59(49)54(38-52(53)46-23-11-10-22-45(46)51)48-35-34-44(36-58(48)63-57)62(42-20-8-3-9-21-42)55-27-14-26-50-47-24-12-13-28-56(47)64-60(50)55/h1-40H;1-38H. The van der Waals surface area contributed by atoms with Crippen molar-refractivity contribution in [3.63, 3.8) is 0 Å². The number of nitrogens with zero attached hydrogens (tertiary/aromatic N) is 4. The molecule has 9 nitrogen and oxygen atoms in total. The molecule has 0 saturated heterocycles. The SMILES string of the molecule is c1ccc(N(c2ccc(-c3cc4c5cccc6c5c(cc4c4ccccc34)-c3ccc(N(c4ccccc4)c4cccc5c4oc4ccccc45)cc3O6)cc2)c2cccc3c2oc2ccccc23)cc1.c1ccc(N(c2ccccc2)c2ccc(-c3cc4c5cccc6c5c(cc4c4ccccc34)-c3ccc(N(c4ccccc4)c4cccc5c4oc4ccccc45)cc3O6)cc2)cc1. The van der Waals surface area contributed by atoms with Crippen LogP contribution in [0.15, 0.2) is 486 Å². The third-order valence-corrected chi connectivity index (χ3v) is 27.2. The average molecular weight is 1730 g/mol. The molecule has 0 atom stereocenters. The second-order valence-electron chi connectivity index (χ2n) is 34.8. The Labute approximate surface area is 776 Å². The summed E-state index contributed by atoms with van der Waals surface area (Å²) in [6.45, 7) is 0. The molecule has 28 rings (SSSR count). The van der Waals surface area contributed by atoms with Gasteiger partial charge < -0.3 is 42.3 Å². The van der Waals surface area contributed by atoms with Gasteiger partial charge in [0.1, 0.15) is 39.7 Å². The maximum Gasteiger partial charge on any atom is 0.159 e. The molecular weight excluding hydrogens is 1650 g/mol. The van der Waals surface area contributed by atoms with Crippen LogP contribution in [0.5, 0.6) is 23.0 Å². The molecule has 2 aliphatic rings. The first-order valence-corrected chi connectivity index (χ1v) is 45.8. The Balaban J connectivity index is 0.000000138. The molecule has 5 heterocycles. The van der Waals surface area contributed by atoms with E-state index < -0.39 is 0 Å². The summed E-state index contributed by atoms with van der Waals surface area (Å²) in [4.78, 5) is 9.14. The predicted octanol–water partition coefficient (Wildman–Crippen LogP) is 36.7. The number of rotatable bonds is 14. The van der Waals surface area contributed by atoms with Gasteiger partial charge in [-0.2, -0.15) is 0 Å². The van der Waals surface area contributed by atoms with Gasteiger partial charge in [0.05, 0.1) is 28.4 Å². The average Bonchev–Trinajstić information content (AvgIpc) is 1.45. The number of hydrogen-bond donors (Lipinski definition) is 0. The largest absolute Gasteiger partial charge is 0.456 e. The van der Waals surface area contributed by atoms with E-state index in [2.05, 4.69) is 456 Å². The van der Waals surface area contributed by atoms with Gasteiger partial charge in [0.25, 0.3) is 0 Å². The Kier molecular flexibility index (Phi) is 17.8. The van der Waals surface area contributed by atoms with E-state index in [0.29, 0.717) is 0 Å². The van der Waals surface area contributed by atoms with Gasteiger partial charge in [-0.05, 0) is 269 Å². The molecule has 0 fully saturated rings. The van der Waals surface area contributed by atoms with Gasteiger partial charge in [0.2, 0.25) is 0 Å². The molecule has 9 heteroatoms. The minimum atomic E-state index is 0.807. The molecule has 0 N–H and O–H groups in total. The van der Waals surface area contributed by atoms with Crippen LogP contribution in [0.4, 0.5) is 68.2 Å². The summed E-state index contributed by atoms with van der Waals surface area (Å²) >= 11 is 0. The molecule has 0 aliphatic carbocycles. The summed E-state index contributed by atoms with van der Waals surface area (Å²) in [6, 6.07) is 168. The Morgan fingerprint density at radius 3 is 0.763 bits per heavy atom. The highest BCUT2D eigenvalue weighted by molar-refractivity contribution is 6.28. The maximum absolute atomic E-state index is 6.99. The molecule has 23 aromatic carbocycles. The number of hydrogen-bond acceptors (Lipinski definition) is 9. The number of benzene rings is 23. The summed E-state index contributed by atoms with van der Waals surface area (Å²) in [5.41, 5.74) is 26.6. The van der Waals surface area contributed by atoms with Crippen LogP contribution < -0.4 is 29.1 Å². The van der Waals surface area contributed by atoms with E-state index in [0.717, 1.165) is 195 Å². The minimum absolute atomic E-state index is 0.807. The Hall–Kier alpha value is -18.2. The van der Waals surface area contributed by atoms with Gasteiger partial charge >= 0.3 is 0 Å². The lowest BCUT2D eigenvalue weighted by Gasteiger charge is -2.28. The molecule has 135 heavy (non-hydrogen) atoms. The number of anilines is 12. The number of furan rings is 3. The summed E-state index contributed by atoms with van der Waals surface area (Å²) < 4.78 is 33.7. The van der Waals surface area contributed by atoms with Crippen LogP contribution in [0.25, 0.3) is 175 Å².